The van der Waals surface area contributed by atoms with Crippen molar-refractivity contribution >= 4 is 15.9 Å². The Hall–Kier alpha value is -1.41. The molecule has 0 aromatic carbocycles. The lowest BCUT2D eigenvalue weighted by molar-refractivity contribution is -0.120. The molecule has 1 N–H and O–H groups in total. The van der Waals surface area contributed by atoms with E-state index in [0.29, 0.717) is 24.5 Å². The molecule has 0 bridgehead atoms. The lowest BCUT2D eigenvalue weighted by Gasteiger charge is -2.25. The second-order valence-corrected chi connectivity index (χ2v) is 7.69. The Morgan fingerprint density at radius 3 is 2.55 bits per heavy atom. The van der Waals surface area contributed by atoms with E-state index in [2.05, 4.69) is 10.5 Å². The maximum Gasteiger partial charge on any atom is 0.224 e. The number of nitrogens with zero attached hydrogens (tertiary/aromatic N) is 2. The van der Waals surface area contributed by atoms with Gasteiger partial charge < -0.3 is 9.84 Å². The van der Waals surface area contributed by atoms with Crippen molar-refractivity contribution in [3.63, 3.8) is 0 Å². The number of aromatic nitrogens is 1. The Labute approximate surface area is 131 Å². The van der Waals surface area contributed by atoms with Crippen molar-refractivity contribution in [3.8, 4) is 0 Å². The first-order chi connectivity index (χ1) is 10.4. The molecule has 1 saturated heterocycles. The molecule has 22 heavy (non-hydrogen) atoms. The van der Waals surface area contributed by atoms with E-state index in [9.17, 15) is 13.2 Å². The van der Waals surface area contributed by atoms with Gasteiger partial charge in [-0.05, 0) is 26.7 Å². The molecule has 2 heterocycles. The molecule has 1 aliphatic rings. The molecule has 1 aromatic heterocycles. The summed E-state index contributed by atoms with van der Waals surface area (Å²) in [6, 6.07) is 0. The Morgan fingerprint density at radius 2 is 1.95 bits per heavy atom. The number of nitrogens with one attached hydrogen (secondary N) is 1. The van der Waals surface area contributed by atoms with Gasteiger partial charge in [0.05, 0.1) is 17.9 Å². The third-order valence-corrected chi connectivity index (χ3v) is 5.78. The van der Waals surface area contributed by atoms with Crippen LogP contribution in [0.1, 0.15) is 36.3 Å². The summed E-state index contributed by atoms with van der Waals surface area (Å²) in [5.74, 6) is 0.345. The minimum atomic E-state index is -3.27. The third kappa shape index (κ3) is 4.30. The van der Waals surface area contributed by atoms with Crippen LogP contribution in [0.5, 0.6) is 0 Å². The summed E-state index contributed by atoms with van der Waals surface area (Å²) >= 11 is 0. The fourth-order valence-corrected chi connectivity index (χ4v) is 4.00. The Morgan fingerprint density at radius 1 is 1.27 bits per heavy atom. The van der Waals surface area contributed by atoms with Crippen LogP contribution in [-0.4, -0.2) is 49.2 Å². The van der Waals surface area contributed by atoms with Gasteiger partial charge in [0.25, 0.3) is 0 Å². The van der Waals surface area contributed by atoms with E-state index in [1.807, 2.05) is 0 Å². The van der Waals surface area contributed by atoms with E-state index in [1.165, 1.54) is 4.31 Å². The SMILES string of the molecule is Cc1noc(C)c1CC(=O)NCCS(=O)(=O)N1CCCCC1. The second-order valence-electron chi connectivity index (χ2n) is 5.61. The minimum Gasteiger partial charge on any atom is -0.361 e. The molecule has 0 unspecified atom stereocenters. The first kappa shape index (κ1) is 17.0. The van der Waals surface area contributed by atoms with Crippen molar-refractivity contribution in [2.45, 2.75) is 39.5 Å². The van der Waals surface area contributed by atoms with E-state index >= 15 is 0 Å². The lowest BCUT2D eigenvalue weighted by atomic mass is 10.1. The first-order valence-corrected chi connectivity index (χ1v) is 9.17. The van der Waals surface area contributed by atoms with Gasteiger partial charge in [0.1, 0.15) is 5.76 Å². The Balaban J connectivity index is 1.79. The summed E-state index contributed by atoms with van der Waals surface area (Å²) in [6.45, 7) is 4.84. The zero-order chi connectivity index (χ0) is 16.2. The number of aryl methyl sites for hydroxylation is 2. The Kier molecular flexibility index (Phi) is 5.57. The molecule has 0 atom stereocenters. The van der Waals surface area contributed by atoms with Gasteiger partial charge in [-0.2, -0.15) is 0 Å². The van der Waals surface area contributed by atoms with Gasteiger partial charge in [-0.15, -0.1) is 0 Å². The van der Waals surface area contributed by atoms with Crippen LogP contribution in [0.2, 0.25) is 0 Å². The van der Waals surface area contributed by atoms with Crippen molar-refractivity contribution in [1.82, 2.24) is 14.8 Å². The van der Waals surface area contributed by atoms with Gasteiger partial charge in [0, 0.05) is 25.2 Å². The molecule has 0 aliphatic carbocycles. The fraction of sp³-hybridized carbons (Fsp3) is 0.714. The van der Waals surface area contributed by atoms with Crippen LogP contribution in [0.3, 0.4) is 0 Å². The van der Waals surface area contributed by atoms with Crippen LogP contribution in [0.25, 0.3) is 0 Å². The van der Waals surface area contributed by atoms with Crippen molar-refractivity contribution in [1.29, 1.82) is 0 Å². The predicted octanol–water partition coefficient (Wildman–Crippen LogP) is 0.766. The van der Waals surface area contributed by atoms with Crippen molar-refractivity contribution in [2.75, 3.05) is 25.4 Å². The van der Waals surface area contributed by atoms with Crippen LogP contribution in [0.4, 0.5) is 0 Å². The molecule has 1 aliphatic heterocycles. The average molecular weight is 329 g/mol. The smallest absolute Gasteiger partial charge is 0.224 e. The number of carbonyl (C=O) groups is 1. The highest BCUT2D eigenvalue weighted by molar-refractivity contribution is 7.89. The lowest BCUT2D eigenvalue weighted by Crippen LogP contribution is -2.40. The predicted molar refractivity (Wildman–Crippen MR) is 81.9 cm³/mol. The molecule has 7 nitrogen and oxygen atoms in total. The van der Waals surface area contributed by atoms with Crippen LogP contribution >= 0.6 is 0 Å². The number of carbonyl (C=O) groups excluding carboxylic acids is 1. The van der Waals surface area contributed by atoms with Crippen molar-refractivity contribution in [3.05, 3.63) is 17.0 Å². The molecular formula is C14H23N3O4S. The summed E-state index contributed by atoms with van der Waals surface area (Å²) in [6.07, 6.45) is 3.07. The molecule has 124 valence electrons. The van der Waals surface area contributed by atoms with Crippen LogP contribution in [0.15, 0.2) is 4.52 Å². The average Bonchev–Trinajstić information content (AvgIpc) is 2.80. The van der Waals surface area contributed by atoms with Gasteiger partial charge in [-0.3, -0.25) is 4.79 Å². The van der Waals surface area contributed by atoms with Gasteiger partial charge in [-0.1, -0.05) is 11.6 Å². The summed E-state index contributed by atoms with van der Waals surface area (Å²) < 4.78 is 30.8. The van der Waals surface area contributed by atoms with E-state index in [1.54, 1.807) is 13.8 Å². The number of hydrogen-bond donors (Lipinski definition) is 1. The molecule has 0 radical (unpaired) electrons. The highest BCUT2D eigenvalue weighted by atomic mass is 32.2. The van der Waals surface area contributed by atoms with Gasteiger partial charge >= 0.3 is 0 Å². The van der Waals surface area contributed by atoms with Crippen LogP contribution in [0, 0.1) is 13.8 Å². The highest BCUT2D eigenvalue weighted by Gasteiger charge is 2.23. The number of rotatable bonds is 6. The number of hydrogen-bond acceptors (Lipinski definition) is 5. The molecule has 0 spiro atoms. The van der Waals surface area contributed by atoms with E-state index in [-0.39, 0.29) is 24.6 Å². The van der Waals surface area contributed by atoms with Crippen molar-refractivity contribution < 1.29 is 17.7 Å². The minimum absolute atomic E-state index is 0.0552. The zero-order valence-electron chi connectivity index (χ0n) is 13.1. The molecule has 2 rings (SSSR count). The van der Waals surface area contributed by atoms with Gasteiger partial charge in [0.15, 0.2) is 0 Å². The van der Waals surface area contributed by atoms with E-state index in [0.717, 1.165) is 24.8 Å². The molecule has 0 saturated carbocycles. The maximum absolute atomic E-state index is 12.1. The number of piperidine rings is 1. The van der Waals surface area contributed by atoms with Gasteiger partial charge in [-0.25, -0.2) is 12.7 Å². The molecular weight excluding hydrogens is 306 g/mol. The summed E-state index contributed by atoms with van der Waals surface area (Å²) in [7, 11) is -3.27. The third-order valence-electron chi connectivity index (χ3n) is 3.91. The zero-order valence-corrected chi connectivity index (χ0v) is 13.9. The summed E-state index contributed by atoms with van der Waals surface area (Å²) in [4.78, 5) is 11.9. The summed E-state index contributed by atoms with van der Waals surface area (Å²) in [5, 5.41) is 6.45. The molecule has 1 fully saturated rings. The largest absolute Gasteiger partial charge is 0.361 e. The van der Waals surface area contributed by atoms with E-state index < -0.39 is 10.0 Å². The van der Waals surface area contributed by atoms with Crippen molar-refractivity contribution in [2.24, 2.45) is 0 Å². The number of amides is 1. The molecule has 1 aromatic rings. The van der Waals surface area contributed by atoms with Gasteiger partial charge in [0.2, 0.25) is 15.9 Å². The normalized spacial score (nSPS) is 16.6. The topological polar surface area (TPSA) is 92.5 Å². The van der Waals surface area contributed by atoms with E-state index in [4.69, 9.17) is 4.52 Å². The molecule has 1 amide bonds. The number of sulfonamides is 1. The Bertz CT molecular complexity index is 599. The van der Waals surface area contributed by atoms with Crippen LogP contribution in [-0.2, 0) is 21.2 Å². The monoisotopic (exact) mass is 329 g/mol. The fourth-order valence-electron chi connectivity index (χ4n) is 2.57. The molecule has 8 heteroatoms. The standard InChI is InChI=1S/C14H23N3O4S/c1-11-13(12(2)21-16-11)10-14(18)15-6-9-22(19,20)17-7-4-3-5-8-17/h3-10H2,1-2H3,(H,15,18). The summed E-state index contributed by atoms with van der Waals surface area (Å²) in [5.41, 5.74) is 1.45. The van der Waals surface area contributed by atoms with Crippen LogP contribution < -0.4 is 5.32 Å². The quantitative estimate of drug-likeness (QED) is 0.832. The second kappa shape index (κ2) is 7.23. The highest BCUT2D eigenvalue weighted by Crippen LogP contribution is 2.14. The maximum atomic E-state index is 12.1. The first-order valence-electron chi connectivity index (χ1n) is 7.56.